The van der Waals surface area contributed by atoms with Crippen LogP contribution >= 0.6 is 0 Å². The standard InChI is InChI=1S/C10H11FN2O3/c1-6(2)10(14)12-8-4-3-7(11)5-9(8)13(15)16/h3-6H,1-2H3,(H,12,14). The number of nitro groups is 1. The Hall–Kier alpha value is -1.98. The van der Waals surface area contributed by atoms with Crippen LogP contribution in [0.3, 0.4) is 0 Å². The largest absolute Gasteiger partial charge is 0.320 e. The molecule has 16 heavy (non-hydrogen) atoms. The number of anilines is 1. The van der Waals surface area contributed by atoms with Gasteiger partial charge in [-0.15, -0.1) is 0 Å². The van der Waals surface area contributed by atoms with Crippen LogP contribution in [0.5, 0.6) is 0 Å². The van der Waals surface area contributed by atoms with Crippen molar-refractivity contribution in [1.29, 1.82) is 0 Å². The highest BCUT2D eigenvalue weighted by Crippen LogP contribution is 2.25. The molecule has 0 aliphatic carbocycles. The molecule has 5 nitrogen and oxygen atoms in total. The molecular formula is C10H11FN2O3. The minimum atomic E-state index is -0.737. The first-order valence-electron chi connectivity index (χ1n) is 4.66. The molecule has 0 atom stereocenters. The molecule has 0 aliphatic rings. The Morgan fingerprint density at radius 1 is 1.50 bits per heavy atom. The summed E-state index contributed by atoms with van der Waals surface area (Å²) in [6, 6.07) is 3.01. The van der Waals surface area contributed by atoms with Crippen molar-refractivity contribution in [3.8, 4) is 0 Å². The van der Waals surface area contributed by atoms with E-state index < -0.39 is 16.4 Å². The number of nitrogens with zero attached hydrogens (tertiary/aromatic N) is 1. The summed E-state index contributed by atoms with van der Waals surface area (Å²) >= 11 is 0. The van der Waals surface area contributed by atoms with Crippen molar-refractivity contribution in [1.82, 2.24) is 0 Å². The van der Waals surface area contributed by atoms with Crippen LogP contribution < -0.4 is 5.32 Å². The lowest BCUT2D eigenvalue weighted by Gasteiger charge is -2.07. The van der Waals surface area contributed by atoms with E-state index in [2.05, 4.69) is 5.32 Å². The maximum atomic E-state index is 12.8. The Morgan fingerprint density at radius 3 is 2.62 bits per heavy atom. The summed E-state index contributed by atoms with van der Waals surface area (Å²) in [6.07, 6.45) is 0. The second kappa shape index (κ2) is 4.69. The highest BCUT2D eigenvalue weighted by Gasteiger charge is 2.17. The number of hydrogen-bond donors (Lipinski definition) is 1. The number of nitrogens with one attached hydrogen (secondary N) is 1. The fraction of sp³-hybridized carbons (Fsp3) is 0.300. The van der Waals surface area contributed by atoms with Gasteiger partial charge in [0.05, 0.1) is 11.0 Å². The number of nitro benzene ring substituents is 1. The smallest absolute Gasteiger partial charge is 0.295 e. The summed E-state index contributed by atoms with van der Waals surface area (Å²) in [6.45, 7) is 3.31. The van der Waals surface area contributed by atoms with Gasteiger partial charge in [-0.1, -0.05) is 13.8 Å². The molecule has 0 bridgehead atoms. The molecule has 0 saturated carbocycles. The predicted octanol–water partition coefficient (Wildman–Crippen LogP) is 2.33. The van der Waals surface area contributed by atoms with Crippen molar-refractivity contribution in [3.05, 3.63) is 34.1 Å². The molecule has 0 aliphatic heterocycles. The van der Waals surface area contributed by atoms with Gasteiger partial charge in [0.15, 0.2) is 0 Å². The molecule has 1 N–H and O–H groups in total. The first kappa shape index (κ1) is 12.1. The van der Waals surface area contributed by atoms with E-state index in [9.17, 15) is 19.3 Å². The van der Waals surface area contributed by atoms with E-state index >= 15 is 0 Å². The van der Waals surface area contributed by atoms with E-state index in [1.54, 1.807) is 13.8 Å². The molecule has 0 saturated heterocycles. The fourth-order valence-corrected chi connectivity index (χ4v) is 1.04. The van der Waals surface area contributed by atoms with Gasteiger partial charge < -0.3 is 5.32 Å². The van der Waals surface area contributed by atoms with Crippen molar-refractivity contribution in [3.63, 3.8) is 0 Å². The van der Waals surface area contributed by atoms with E-state index in [0.717, 1.165) is 12.1 Å². The third kappa shape index (κ3) is 2.75. The van der Waals surface area contributed by atoms with E-state index in [1.165, 1.54) is 6.07 Å². The lowest BCUT2D eigenvalue weighted by atomic mass is 10.2. The van der Waals surface area contributed by atoms with Crippen LogP contribution in [0.1, 0.15) is 13.8 Å². The lowest BCUT2D eigenvalue weighted by molar-refractivity contribution is -0.384. The van der Waals surface area contributed by atoms with E-state index in [-0.39, 0.29) is 17.5 Å². The molecule has 0 fully saturated rings. The van der Waals surface area contributed by atoms with Crippen LogP contribution in [-0.2, 0) is 4.79 Å². The molecule has 0 spiro atoms. The number of hydrogen-bond acceptors (Lipinski definition) is 3. The molecular weight excluding hydrogens is 215 g/mol. The SMILES string of the molecule is CC(C)C(=O)Nc1ccc(F)cc1[N+](=O)[O-]. The highest BCUT2D eigenvalue weighted by atomic mass is 19.1. The lowest BCUT2D eigenvalue weighted by Crippen LogP contribution is -2.18. The average molecular weight is 226 g/mol. The molecule has 86 valence electrons. The predicted molar refractivity (Wildman–Crippen MR) is 56.5 cm³/mol. The topological polar surface area (TPSA) is 72.2 Å². The van der Waals surface area contributed by atoms with E-state index in [0.29, 0.717) is 0 Å². The summed E-state index contributed by atoms with van der Waals surface area (Å²) in [5.41, 5.74) is -0.445. The highest BCUT2D eigenvalue weighted by molar-refractivity contribution is 5.94. The average Bonchev–Trinajstić information content (AvgIpc) is 2.20. The number of benzene rings is 1. The first-order chi connectivity index (χ1) is 7.41. The molecule has 6 heteroatoms. The number of amides is 1. The van der Waals surface area contributed by atoms with Gasteiger partial charge >= 0.3 is 0 Å². The Kier molecular flexibility index (Phi) is 3.55. The number of carbonyl (C=O) groups excluding carboxylic acids is 1. The zero-order valence-corrected chi connectivity index (χ0v) is 8.86. The molecule has 0 heterocycles. The maximum Gasteiger partial charge on any atom is 0.295 e. The monoisotopic (exact) mass is 226 g/mol. The van der Waals surface area contributed by atoms with Gasteiger partial charge in [-0.05, 0) is 12.1 Å². The van der Waals surface area contributed by atoms with Crippen LogP contribution in [0.2, 0.25) is 0 Å². The van der Waals surface area contributed by atoms with Gasteiger partial charge in [0, 0.05) is 5.92 Å². The van der Waals surface area contributed by atoms with Gasteiger partial charge in [0.2, 0.25) is 5.91 Å². The van der Waals surface area contributed by atoms with E-state index in [4.69, 9.17) is 0 Å². The normalized spacial score (nSPS) is 10.2. The second-order valence-electron chi connectivity index (χ2n) is 3.56. The molecule has 0 aromatic heterocycles. The van der Waals surface area contributed by atoms with Crippen LogP contribution in [0.4, 0.5) is 15.8 Å². The summed E-state index contributed by atoms with van der Waals surface area (Å²) < 4.78 is 12.8. The zero-order chi connectivity index (χ0) is 12.3. The number of carbonyl (C=O) groups is 1. The Bertz CT molecular complexity index is 432. The third-order valence-corrected chi connectivity index (χ3v) is 1.94. The van der Waals surface area contributed by atoms with Gasteiger partial charge in [-0.3, -0.25) is 14.9 Å². The molecule has 1 amide bonds. The summed E-state index contributed by atoms with van der Waals surface area (Å²) in [4.78, 5) is 21.2. The molecule has 0 unspecified atom stereocenters. The van der Waals surface area contributed by atoms with Crippen LogP contribution in [0, 0.1) is 21.8 Å². The molecule has 1 aromatic carbocycles. The fourth-order valence-electron chi connectivity index (χ4n) is 1.04. The van der Waals surface area contributed by atoms with Crippen LogP contribution in [-0.4, -0.2) is 10.8 Å². The summed E-state index contributed by atoms with van der Waals surface area (Å²) in [5, 5.41) is 13.0. The molecule has 1 rings (SSSR count). The van der Waals surface area contributed by atoms with Gasteiger partial charge in [-0.25, -0.2) is 4.39 Å². The zero-order valence-electron chi connectivity index (χ0n) is 8.86. The van der Waals surface area contributed by atoms with E-state index in [1.807, 2.05) is 0 Å². The Morgan fingerprint density at radius 2 is 2.12 bits per heavy atom. The minimum absolute atomic E-state index is 0.00472. The van der Waals surface area contributed by atoms with Gasteiger partial charge in [-0.2, -0.15) is 0 Å². The van der Waals surface area contributed by atoms with Crippen LogP contribution in [0.25, 0.3) is 0 Å². The van der Waals surface area contributed by atoms with Crippen molar-refractivity contribution >= 4 is 17.3 Å². The molecule has 1 aromatic rings. The Labute approximate surface area is 91.4 Å². The van der Waals surface area contributed by atoms with Crippen LogP contribution in [0.15, 0.2) is 18.2 Å². The minimum Gasteiger partial charge on any atom is -0.320 e. The summed E-state index contributed by atoms with van der Waals surface area (Å²) in [5.74, 6) is -1.37. The summed E-state index contributed by atoms with van der Waals surface area (Å²) in [7, 11) is 0. The second-order valence-corrected chi connectivity index (χ2v) is 3.56. The quantitative estimate of drug-likeness (QED) is 0.635. The maximum absolute atomic E-state index is 12.8. The number of rotatable bonds is 3. The first-order valence-corrected chi connectivity index (χ1v) is 4.66. The molecule has 0 radical (unpaired) electrons. The van der Waals surface area contributed by atoms with Gasteiger partial charge in [0.1, 0.15) is 11.5 Å². The van der Waals surface area contributed by atoms with Gasteiger partial charge in [0.25, 0.3) is 5.69 Å². The van der Waals surface area contributed by atoms with Crippen molar-refractivity contribution in [2.24, 2.45) is 5.92 Å². The van der Waals surface area contributed by atoms with Crippen molar-refractivity contribution < 1.29 is 14.1 Å². The Balaban J connectivity index is 3.04. The van der Waals surface area contributed by atoms with Crippen molar-refractivity contribution in [2.75, 3.05) is 5.32 Å². The van der Waals surface area contributed by atoms with Crippen molar-refractivity contribution in [2.45, 2.75) is 13.8 Å². The number of halogens is 1. The third-order valence-electron chi connectivity index (χ3n) is 1.94.